The number of benzene rings is 2. The normalized spacial score (nSPS) is 18.5. The average Bonchev–Trinajstić information content (AvgIpc) is 2.72. The Hall–Kier alpha value is -2.69. The van der Waals surface area contributed by atoms with Crippen LogP contribution in [0.25, 0.3) is 0 Å². The molecular formula is C25H23F7O. The van der Waals surface area contributed by atoms with Crippen molar-refractivity contribution in [3.63, 3.8) is 0 Å². The summed E-state index contributed by atoms with van der Waals surface area (Å²) in [4.78, 5) is 0. The van der Waals surface area contributed by atoms with E-state index in [4.69, 9.17) is 4.74 Å². The van der Waals surface area contributed by atoms with E-state index in [1.807, 2.05) is 0 Å². The molecule has 1 aliphatic carbocycles. The molecule has 1 nitrogen and oxygen atoms in total. The predicted octanol–water partition coefficient (Wildman–Crippen LogP) is 7.81. The summed E-state index contributed by atoms with van der Waals surface area (Å²) >= 11 is 0. The topological polar surface area (TPSA) is 9.23 Å². The summed E-state index contributed by atoms with van der Waals surface area (Å²) in [5, 5.41) is 0. The van der Waals surface area contributed by atoms with Crippen LogP contribution in [0.5, 0.6) is 5.75 Å². The van der Waals surface area contributed by atoms with Gasteiger partial charge in [-0.3, -0.25) is 0 Å². The Balaban J connectivity index is 1.70. The molecule has 0 heterocycles. The van der Waals surface area contributed by atoms with Crippen LogP contribution in [-0.2, 0) is 6.61 Å². The van der Waals surface area contributed by atoms with E-state index < -0.39 is 52.9 Å². The molecule has 0 aromatic heterocycles. The Labute approximate surface area is 187 Å². The van der Waals surface area contributed by atoms with Gasteiger partial charge in [0.2, 0.25) is 0 Å². The SMILES string of the molecule is CCCC1CCC(c2cc(F)c(COc3cc(F)c(C#CC(F)(F)F)c(F)c3)c(F)c2)CC1. The summed E-state index contributed by atoms with van der Waals surface area (Å²) in [6, 6.07) is 3.76. The standard InChI is InChI=1S/C25H23F7O/c1-2-3-15-4-6-16(7-5-15)17-10-21(26)20(22(27)11-17)14-33-18-12-23(28)19(24(29)13-18)8-9-25(30,31)32/h10-13,15-16H,2-7,14H2,1H3. The van der Waals surface area contributed by atoms with E-state index in [-0.39, 0.29) is 5.92 Å². The van der Waals surface area contributed by atoms with Gasteiger partial charge >= 0.3 is 6.18 Å². The van der Waals surface area contributed by atoms with Gasteiger partial charge in [-0.1, -0.05) is 25.7 Å². The molecule has 0 aliphatic heterocycles. The fraction of sp³-hybridized carbons (Fsp3) is 0.440. The lowest BCUT2D eigenvalue weighted by Crippen LogP contribution is -2.14. The second-order valence-corrected chi connectivity index (χ2v) is 8.27. The molecular weight excluding hydrogens is 449 g/mol. The average molecular weight is 472 g/mol. The Morgan fingerprint density at radius 3 is 1.97 bits per heavy atom. The summed E-state index contributed by atoms with van der Waals surface area (Å²) in [6.45, 7) is 1.49. The number of halogens is 7. The summed E-state index contributed by atoms with van der Waals surface area (Å²) < 4.78 is 98.7. The van der Waals surface area contributed by atoms with Crippen LogP contribution in [0.15, 0.2) is 24.3 Å². The van der Waals surface area contributed by atoms with Crippen LogP contribution in [0, 0.1) is 41.0 Å². The quantitative estimate of drug-likeness (QED) is 0.308. The van der Waals surface area contributed by atoms with Crippen molar-refractivity contribution in [2.24, 2.45) is 5.92 Å². The largest absolute Gasteiger partial charge is 0.488 e. The molecule has 8 heteroatoms. The number of rotatable bonds is 6. The van der Waals surface area contributed by atoms with Gasteiger partial charge in [-0.25, -0.2) is 17.6 Å². The molecule has 1 saturated carbocycles. The lowest BCUT2D eigenvalue weighted by molar-refractivity contribution is -0.0696. The molecule has 3 rings (SSSR count). The van der Waals surface area contributed by atoms with E-state index in [1.54, 1.807) is 0 Å². The molecule has 0 amide bonds. The van der Waals surface area contributed by atoms with Crippen molar-refractivity contribution in [3.05, 3.63) is 64.2 Å². The summed E-state index contributed by atoms with van der Waals surface area (Å²) in [5.74, 6) is -1.94. The highest BCUT2D eigenvalue weighted by atomic mass is 19.4. The summed E-state index contributed by atoms with van der Waals surface area (Å²) in [6.07, 6.45) is 1.13. The Morgan fingerprint density at radius 2 is 1.45 bits per heavy atom. The molecule has 0 spiro atoms. The minimum atomic E-state index is -4.91. The van der Waals surface area contributed by atoms with Gasteiger partial charge in [0.1, 0.15) is 35.6 Å². The van der Waals surface area contributed by atoms with Crippen molar-refractivity contribution in [2.45, 2.75) is 64.1 Å². The van der Waals surface area contributed by atoms with Crippen LogP contribution in [0.3, 0.4) is 0 Å². The summed E-state index contributed by atoms with van der Waals surface area (Å²) in [7, 11) is 0. The maximum absolute atomic E-state index is 14.6. The Kier molecular flexibility index (Phi) is 7.93. The minimum Gasteiger partial charge on any atom is -0.488 e. The van der Waals surface area contributed by atoms with Crippen LogP contribution >= 0.6 is 0 Å². The molecule has 1 aliphatic rings. The number of alkyl halides is 3. The monoisotopic (exact) mass is 472 g/mol. The van der Waals surface area contributed by atoms with Crippen molar-refractivity contribution in [1.29, 1.82) is 0 Å². The summed E-state index contributed by atoms with van der Waals surface area (Å²) in [5.41, 5.74) is -0.899. The third kappa shape index (κ3) is 6.66. The first-order valence-electron chi connectivity index (χ1n) is 10.8. The molecule has 0 N–H and O–H groups in total. The first-order valence-corrected chi connectivity index (χ1v) is 10.8. The third-order valence-electron chi connectivity index (χ3n) is 5.91. The molecule has 0 saturated heterocycles. The molecule has 178 valence electrons. The van der Waals surface area contributed by atoms with E-state index in [1.165, 1.54) is 18.1 Å². The van der Waals surface area contributed by atoms with Crippen molar-refractivity contribution >= 4 is 0 Å². The Morgan fingerprint density at radius 1 is 0.879 bits per heavy atom. The predicted molar refractivity (Wildman–Crippen MR) is 110 cm³/mol. The van der Waals surface area contributed by atoms with Crippen LogP contribution in [0.2, 0.25) is 0 Å². The van der Waals surface area contributed by atoms with Crippen LogP contribution in [0.1, 0.15) is 68.1 Å². The second-order valence-electron chi connectivity index (χ2n) is 8.27. The first kappa shape index (κ1) is 24.9. The molecule has 2 aromatic carbocycles. The lowest BCUT2D eigenvalue weighted by atomic mass is 9.77. The molecule has 0 radical (unpaired) electrons. The number of ether oxygens (including phenoxy) is 1. The molecule has 0 unspecified atom stereocenters. The zero-order chi connectivity index (χ0) is 24.2. The highest BCUT2D eigenvalue weighted by Gasteiger charge is 2.25. The van der Waals surface area contributed by atoms with Crippen LogP contribution in [0.4, 0.5) is 30.7 Å². The van der Waals surface area contributed by atoms with Gasteiger partial charge in [0, 0.05) is 18.1 Å². The molecule has 2 aromatic rings. The van der Waals surface area contributed by atoms with Crippen molar-refractivity contribution in [2.75, 3.05) is 0 Å². The first-order chi connectivity index (χ1) is 15.6. The van der Waals surface area contributed by atoms with E-state index in [0.29, 0.717) is 23.6 Å². The van der Waals surface area contributed by atoms with Crippen molar-refractivity contribution in [3.8, 4) is 17.6 Å². The zero-order valence-electron chi connectivity index (χ0n) is 18.0. The van der Waals surface area contributed by atoms with Gasteiger partial charge in [-0.2, -0.15) is 13.2 Å². The fourth-order valence-corrected chi connectivity index (χ4v) is 4.23. The van der Waals surface area contributed by atoms with E-state index in [9.17, 15) is 30.7 Å². The maximum Gasteiger partial charge on any atom is 0.458 e. The molecule has 0 atom stereocenters. The van der Waals surface area contributed by atoms with Gasteiger partial charge < -0.3 is 4.74 Å². The molecule has 1 fully saturated rings. The highest BCUT2D eigenvalue weighted by molar-refractivity contribution is 5.42. The van der Waals surface area contributed by atoms with Crippen molar-refractivity contribution in [1.82, 2.24) is 0 Å². The van der Waals surface area contributed by atoms with E-state index in [2.05, 4.69) is 6.92 Å². The Bertz CT molecular complexity index is 995. The van der Waals surface area contributed by atoms with Crippen molar-refractivity contribution < 1.29 is 35.5 Å². The van der Waals surface area contributed by atoms with Crippen LogP contribution < -0.4 is 4.74 Å². The number of hydrogen-bond acceptors (Lipinski definition) is 1. The van der Waals surface area contributed by atoms with E-state index >= 15 is 0 Å². The van der Waals surface area contributed by atoms with Gasteiger partial charge in [-0.15, -0.1) is 0 Å². The maximum atomic E-state index is 14.6. The van der Waals surface area contributed by atoms with Gasteiger partial charge in [-0.05, 0) is 55.2 Å². The molecule has 33 heavy (non-hydrogen) atoms. The van der Waals surface area contributed by atoms with E-state index in [0.717, 1.165) is 44.4 Å². The molecule has 0 bridgehead atoms. The van der Waals surface area contributed by atoms with Crippen LogP contribution in [-0.4, -0.2) is 6.18 Å². The fourth-order valence-electron chi connectivity index (χ4n) is 4.23. The van der Waals surface area contributed by atoms with Gasteiger partial charge in [0.05, 0.1) is 11.1 Å². The third-order valence-corrected chi connectivity index (χ3v) is 5.91. The smallest absolute Gasteiger partial charge is 0.458 e. The minimum absolute atomic E-state index is 0.0746. The highest BCUT2D eigenvalue weighted by Crippen LogP contribution is 2.38. The number of hydrogen-bond donors (Lipinski definition) is 0. The second kappa shape index (κ2) is 10.5. The lowest BCUT2D eigenvalue weighted by Gasteiger charge is -2.29. The van der Waals surface area contributed by atoms with Gasteiger partial charge in [0.25, 0.3) is 0 Å². The van der Waals surface area contributed by atoms with Gasteiger partial charge in [0.15, 0.2) is 0 Å². The zero-order valence-corrected chi connectivity index (χ0v) is 18.0.